The number of carbonyl (C=O) groups is 1. The molecule has 0 radical (unpaired) electrons. The Balaban J connectivity index is 2.77. The second kappa shape index (κ2) is 3.82. The average molecular weight is 196 g/mol. The Bertz CT molecular complexity index is 323. The summed E-state index contributed by atoms with van der Waals surface area (Å²) < 4.78 is 0. The van der Waals surface area contributed by atoms with Crippen molar-refractivity contribution in [1.82, 2.24) is 10.2 Å². The molecule has 0 aromatic carbocycles. The van der Waals surface area contributed by atoms with Crippen LogP contribution in [0.1, 0.15) is 32.0 Å². The van der Waals surface area contributed by atoms with E-state index in [1.807, 2.05) is 0 Å². The van der Waals surface area contributed by atoms with Gasteiger partial charge in [-0.2, -0.15) is 5.10 Å². The third kappa shape index (κ3) is 3.20. The van der Waals surface area contributed by atoms with Crippen LogP contribution in [-0.4, -0.2) is 21.3 Å². The van der Waals surface area contributed by atoms with Gasteiger partial charge < -0.3 is 5.11 Å². The number of H-pyrrole nitrogens is 1. The number of hydrogen-bond donors (Lipinski definition) is 2. The van der Waals surface area contributed by atoms with Crippen molar-refractivity contribution in [3.8, 4) is 0 Å². The van der Waals surface area contributed by atoms with E-state index >= 15 is 0 Å². The molecule has 1 rings (SSSR count). The predicted octanol–water partition coefficient (Wildman–Crippen LogP) is 1.63. The van der Waals surface area contributed by atoms with Crippen LogP contribution in [0.3, 0.4) is 0 Å². The molecule has 4 heteroatoms. The summed E-state index contributed by atoms with van der Waals surface area (Å²) in [6.45, 7) is 6.35. The number of aromatic amines is 1. The van der Waals surface area contributed by atoms with E-state index in [0.717, 1.165) is 12.0 Å². The largest absolute Gasteiger partial charge is 0.481 e. The highest BCUT2D eigenvalue weighted by atomic mass is 16.4. The van der Waals surface area contributed by atoms with Gasteiger partial charge in [-0.25, -0.2) is 0 Å². The lowest BCUT2D eigenvalue weighted by Crippen LogP contribution is -2.11. The number of aliphatic carboxylic acids is 1. The van der Waals surface area contributed by atoms with Crippen LogP contribution < -0.4 is 0 Å². The normalized spacial score (nSPS) is 11.6. The summed E-state index contributed by atoms with van der Waals surface area (Å²) in [5.74, 6) is -0.829. The molecule has 0 aliphatic rings. The van der Waals surface area contributed by atoms with Gasteiger partial charge in [-0.15, -0.1) is 0 Å². The lowest BCUT2D eigenvalue weighted by molar-refractivity contribution is -0.136. The van der Waals surface area contributed by atoms with Crippen LogP contribution in [0.15, 0.2) is 6.20 Å². The van der Waals surface area contributed by atoms with Crippen molar-refractivity contribution in [1.29, 1.82) is 0 Å². The van der Waals surface area contributed by atoms with Gasteiger partial charge >= 0.3 is 5.97 Å². The molecule has 0 fully saturated rings. The molecule has 4 nitrogen and oxygen atoms in total. The Hall–Kier alpha value is -1.32. The predicted molar refractivity (Wildman–Crippen MR) is 53.1 cm³/mol. The second-order valence-corrected chi connectivity index (χ2v) is 4.68. The molecule has 0 amide bonds. The molecule has 0 aliphatic carbocycles. The van der Waals surface area contributed by atoms with Crippen molar-refractivity contribution < 1.29 is 9.90 Å². The quantitative estimate of drug-likeness (QED) is 0.772. The van der Waals surface area contributed by atoms with Gasteiger partial charge in [0.25, 0.3) is 0 Å². The summed E-state index contributed by atoms with van der Waals surface area (Å²) >= 11 is 0. The summed E-state index contributed by atoms with van der Waals surface area (Å²) in [5, 5.41) is 15.3. The Kier molecular flexibility index (Phi) is 2.93. The molecular weight excluding hydrogens is 180 g/mol. The van der Waals surface area contributed by atoms with Crippen molar-refractivity contribution in [3.63, 3.8) is 0 Å². The highest BCUT2D eigenvalue weighted by Crippen LogP contribution is 2.21. The number of aromatic nitrogens is 2. The maximum atomic E-state index is 10.5. The van der Waals surface area contributed by atoms with E-state index in [-0.39, 0.29) is 11.8 Å². The summed E-state index contributed by atoms with van der Waals surface area (Å²) in [6.07, 6.45) is 2.57. The number of rotatable bonds is 3. The van der Waals surface area contributed by atoms with E-state index in [2.05, 4.69) is 31.0 Å². The molecule has 78 valence electrons. The highest BCUT2D eigenvalue weighted by Gasteiger charge is 2.16. The molecule has 1 heterocycles. The number of hydrogen-bond acceptors (Lipinski definition) is 2. The van der Waals surface area contributed by atoms with Crippen molar-refractivity contribution in [2.45, 2.75) is 33.6 Å². The minimum absolute atomic E-state index is 0.0193. The first kappa shape index (κ1) is 10.8. The molecule has 0 bridgehead atoms. The third-order valence-electron chi connectivity index (χ3n) is 1.86. The first-order chi connectivity index (χ1) is 6.38. The number of carboxylic acid groups (broad SMARTS) is 1. The number of nitrogens with zero attached hydrogens (tertiary/aromatic N) is 1. The van der Waals surface area contributed by atoms with E-state index in [9.17, 15) is 4.79 Å². The van der Waals surface area contributed by atoms with Crippen LogP contribution in [0, 0.1) is 5.41 Å². The first-order valence-electron chi connectivity index (χ1n) is 4.61. The monoisotopic (exact) mass is 196 g/mol. The fourth-order valence-electron chi connectivity index (χ4n) is 1.37. The Morgan fingerprint density at radius 1 is 1.57 bits per heavy atom. The summed E-state index contributed by atoms with van der Waals surface area (Å²) in [6, 6.07) is 0. The Morgan fingerprint density at radius 2 is 2.21 bits per heavy atom. The van der Waals surface area contributed by atoms with Gasteiger partial charge in [-0.1, -0.05) is 20.8 Å². The lowest BCUT2D eigenvalue weighted by atomic mass is 9.88. The zero-order chi connectivity index (χ0) is 10.8. The standard InChI is InChI=1S/C10H16N2O2/c1-10(2,3)5-7-6-11-12-8(7)4-9(13)14/h6H,4-5H2,1-3H3,(H,11,12)(H,13,14). The molecule has 2 N–H and O–H groups in total. The van der Waals surface area contributed by atoms with Gasteiger partial charge in [0, 0.05) is 5.69 Å². The van der Waals surface area contributed by atoms with Gasteiger partial charge in [0.1, 0.15) is 0 Å². The molecule has 14 heavy (non-hydrogen) atoms. The van der Waals surface area contributed by atoms with E-state index in [0.29, 0.717) is 5.69 Å². The van der Waals surface area contributed by atoms with Crippen LogP contribution in [0.25, 0.3) is 0 Å². The maximum Gasteiger partial charge on any atom is 0.309 e. The van der Waals surface area contributed by atoms with Gasteiger partial charge in [-0.05, 0) is 17.4 Å². The summed E-state index contributed by atoms with van der Waals surface area (Å²) in [5.41, 5.74) is 1.87. The smallest absolute Gasteiger partial charge is 0.309 e. The molecule has 1 aromatic rings. The maximum absolute atomic E-state index is 10.5. The molecule has 0 atom stereocenters. The molecule has 0 saturated heterocycles. The molecule has 0 saturated carbocycles. The Morgan fingerprint density at radius 3 is 2.71 bits per heavy atom. The number of nitrogens with one attached hydrogen (secondary N) is 1. The fourth-order valence-corrected chi connectivity index (χ4v) is 1.37. The van der Waals surface area contributed by atoms with Crippen LogP contribution in [0.4, 0.5) is 0 Å². The van der Waals surface area contributed by atoms with Crippen molar-refractivity contribution in [3.05, 3.63) is 17.5 Å². The van der Waals surface area contributed by atoms with Crippen LogP contribution >= 0.6 is 0 Å². The third-order valence-corrected chi connectivity index (χ3v) is 1.86. The minimum Gasteiger partial charge on any atom is -0.481 e. The van der Waals surface area contributed by atoms with E-state index < -0.39 is 5.97 Å². The summed E-state index contributed by atoms with van der Waals surface area (Å²) in [4.78, 5) is 10.5. The van der Waals surface area contributed by atoms with Gasteiger partial charge in [0.2, 0.25) is 0 Å². The SMILES string of the molecule is CC(C)(C)Cc1cn[nH]c1CC(=O)O. The Labute approximate surface area is 83.3 Å². The van der Waals surface area contributed by atoms with E-state index in [4.69, 9.17) is 5.11 Å². The first-order valence-corrected chi connectivity index (χ1v) is 4.61. The average Bonchev–Trinajstić information content (AvgIpc) is 2.32. The molecule has 0 unspecified atom stereocenters. The van der Waals surface area contributed by atoms with Gasteiger partial charge in [0.05, 0.1) is 12.6 Å². The molecular formula is C10H16N2O2. The van der Waals surface area contributed by atoms with Crippen LogP contribution in [0.5, 0.6) is 0 Å². The fraction of sp³-hybridized carbons (Fsp3) is 0.600. The summed E-state index contributed by atoms with van der Waals surface area (Å²) in [7, 11) is 0. The van der Waals surface area contributed by atoms with Crippen molar-refractivity contribution >= 4 is 5.97 Å². The van der Waals surface area contributed by atoms with Crippen molar-refractivity contribution in [2.24, 2.45) is 5.41 Å². The zero-order valence-electron chi connectivity index (χ0n) is 8.79. The molecule has 0 spiro atoms. The molecule has 1 aromatic heterocycles. The van der Waals surface area contributed by atoms with Crippen LogP contribution in [0.2, 0.25) is 0 Å². The van der Waals surface area contributed by atoms with E-state index in [1.165, 1.54) is 0 Å². The number of carboxylic acids is 1. The second-order valence-electron chi connectivity index (χ2n) is 4.68. The lowest BCUT2D eigenvalue weighted by Gasteiger charge is -2.17. The molecule has 0 aliphatic heterocycles. The van der Waals surface area contributed by atoms with Gasteiger partial charge in [0.15, 0.2) is 0 Å². The van der Waals surface area contributed by atoms with E-state index in [1.54, 1.807) is 6.20 Å². The topological polar surface area (TPSA) is 66.0 Å². The minimum atomic E-state index is -0.829. The van der Waals surface area contributed by atoms with Crippen molar-refractivity contribution in [2.75, 3.05) is 0 Å². The van der Waals surface area contributed by atoms with Gasteiger partial charge in [-0.3, -0.25) is 9.89 Å². The zero-order valence-corrected chi connectivity index (χ0v) is 8.79. The van der Waals surface area contributed by atoms with Crippen LogP contribution in [-0.2, 0) is 17.6 Å². The highest BCUT2D eigenvalue weighted by molar-refractivity contribution is 5.69.